The summed E-state index contributed by atoms with van der Waals surface area (Å²) in [5, 5.41) is 3.34. The van der Waals surface area contributed by atoms with E-state index in [1.54, 1.807) is 7.11 Å². The number of amides is 1. The Morgan fingerprint density at radius 1 is 1.56 bits per heavy atom. The molecule has 0 aliphatic carbocycles. The number of rotatable bonds is 5. The van der Waals surface area contributed by atoms with Crippen molar-refractivity contribution in [3.63, 3.8) is 0 Å². The van der Waals surface area contributed by atoms with Gasteiger partial charge < -0.3 is 19.7 Å². The van der Waals surface area contributed by atoms with Crippen LogP contribution in [0.1, 0.15) is 19.3 Å². The van der Waals surface area contributed by atoms with Crippen molar-refractivity contribution in [1.29, 1.82) is 0 Å². The first kappa shape index (κ1) is 13.8. The van der Waals surface area contributed by atoms with Crippen LogP contribution >= 0.6 is 0 Å². The Morgan fingerprint density at radius 3 is 3.17 bits per heavy atom. The van der Waals surface area contributed by atoms with E-state index in [1.165, 1.54) is 6.42 Å². The Hall–Kier alpha value is -0.650. The summed E-state index contributed by atoms with van der Waals surface area (Å²) < 4.78 is 10.6. The molecule has 2 fully saturated rings. The van der Waals surface area contributed by atoms with Crippen molar-refractivity contribution in [2.75, 3.05) is 46.5 Å². The van der Waals surface area contributed by atoms with E-state index in [2.05, 4.69) is 5.32 Å². The number of nitrogens with zero attached hydrogens (tertiary/aromatic N) is 1. The zero-order valence-electron chi connectivity index (χ0n) is 11.2. The van der Waals surface area contributed by atoms with Gasteiger partial charge in [-0.2, -0.15) is 0 Å². The lowest BCUT2D eigenvalue weighted by atomic mass is 10.0. The smallest absolute Gasteiger partial charge is 0.222 e. The largest absolute Gasteiger partial charge is 0.382 e. The first-order chi connectivity index (χ1) is 8.79. The number of carbonyl (C=O) groups excluding carboxylic acids is 1. The summed E-state index contributed by atoms with van der Waals surface area (Å²) in [6.07, 6.45) is 2.94. The van der Waals surface area contributed by atoms with Crippen LogP contribution in [0.25, 0.3) is 0 Å². The van der Waals surface area contributed by atoms with Crippen molar-refractivity contribution < 1.29 is 14.3 Å². The first-order valence-electron chi connectivity index (χ1n) is 6.88. The Balaban J connectivity index is 1.70. The lowest BCUT2D eigenvalue weighted by Crippen LogP contribution is -2.47. The van der Waals surface area contributed by atoms with E-state index in [0.717, 1.165) is 26.1 Å². The maximum Gasteiger partial charge on any atom is 0.222 e. The van der Waals surface area contributed by atoms with Crippen molar-refractivity contribution in [2.24, 2.45) is 5.92 Å². The maximum atomic E-state index is 12.1. The van der Waals surface area contributed by atoms with Crippen LogP contribution in [0.2, 0.25) is 0 Å². The van der Waals surface area contributed by atoms with E-state index < -0.39 is 0 Å². The van der Waals surface area contributed by atoms with Gasteiger partial charge in [0.25, 0.3) is 0 Å². The molecule has 2 rings (SSSR count). The Morgan fingerprint density at radius 2 is 2.44 bits per heavy atom. The predicted molar refractivity (Wildman–Crippen MR) is 68.4 cm³/mol. The van der Waals surface area contributed by atoms with Crippen LogP contribution in [0.15, 0.2) is 0 Å². The summed E-state index contributed by atoms with van der Waals surface area (Å²) in [6, 6.07) is 0. The molecular weight excluding hydrogens is 232 g/mol. The van der Waals surface area contributed by atoms with E-state index in [1.807, 2.05) is 4.90 Å². The van der Waals surface area contributed by atoms with Crippen LogP contribution < -0.4 is 5.32 Å². The number of carbonyl (C=O) groups is 1. The van der Waals surface area contributed by atoms with Crippen LogP contribution in [0.3, 0.4) is 0 Å². The predicted octanol–water partition coefficient (Wildman–Crippen LogP) is 0.250. The minimum Gasteiger partial charge on any atom is -0.382 e. The molecule has 2 aliphatic rings. The third-order valence-electron chi connectivity index (χ3n) is 3.77. The second-order valence-electron chi connectivity index (χ2n) is 5.19. The van der Waals surface area contributed by atoms with E-state index in [4.69, 9.17) is 9.47 Å². The zero-order chi connectivity index (χ0) is 12.8. The van der Waals surface area contributed by atoms with E-state index >= 15 is 0 Å². The minimum atomic E-state index is 0.0425. The van der Waals surface area contributed by atoms with Crippen LogP contribution in [0, 0.1) is 5.92 Å². The van der Waals surface area contributed by atoms with E-state index in [0.29, 0.717) is 32.1 Å². The quantitative estimate of drug-likeness (QED) is 0.766. The molecule has 2 heterocycles. The Kier molecular flexibility index (Phi) is 5.41. The molecule has 0 bridgehead atoms. The van der Waals surface area contributed by atoms with Crippen molar-refractivity contribution >= 4 is 5.91 Å². The molecular formula is C13H24N2O3. The lowest BCUT2D eigenvalue weighted by molar-refractivity contribution is -0.141. The molecule has 2 saturated heterocycles. The molecule has 0 saturated carbocycles. The molecule has 104 valence electrons. The molecule has 5 heteroatoms. The van der Waals surface area contributed by atoms with Gasteiger partial charge in [-0.3, -0.25) is 4.79 Å². The highest BCUT2D eigenvalue weighted by molar-refractivity contribution is 5.76. The van der Waals surface area contributed by atoms with Crippen LogP contribution in [0.5, 0.6) is 0 Å². The third kappa shape index (κ3) is 3.93. The van der Waals surface area contributed by atoms with E-state index in [-0.39, 0.29) is 12.0 Å². The van der Waals surface area contributed by atoms with Gasteiger partial charge in [0, 0.05) is 26.6 Å². The Bertz CT molecular complexity index is 265. The second-order valence-corrected chi connectivity index (χ2v) is 5.19. The van der Waals surface area contributed by atoms with Gasteiger partial charge in [0.05, 0.1) is 19.3 Å². The summed E-state index contributed by atoms with van der Waals surface area (Å²) in [5.41, 5.74) is 0. The molecule has 0 aromatic rings. The van der Waals surface area contributed by atoms with Gasteiger partial charge in [-0.05, 0) is 31.8 Å². The molecule has 0 radical (unpaired) electrons. The molecule has 5 nitrogen and oxygen atoms in total. The van der Waals surface area contributed by atoms with Crippen molar-refractivity contribution in [3.8, 4) is 0 Å². The SMILES string of the molecule is COCC1CN(C(=O)CCC2CCNC2)CCO1. The molecule has 1 N–H and O–H groups in total. The number of hydrogen-bond acceptors (Lipinski definition) is 4. The Labute approximate surface area is 109 Å². The fourth-order valence-corrected chi connectivity index (χ4v) is 2.68. The van der Waals surface area contributed by atoms with Crippen LogP contribution in [0.4, 0.5) is 0 Å². The van der Waals surface area contributed by atoms with Crippen molar-refractivity contribution in [2.45, 2.75) is 25.4 Å². The standard InChI is InChI=1S/C13H24N2O3/c1-17-10-12-9-15(6-7-18-12)13(16)3-2-11-4-5-14-8-11/h11-12,14H,2-10H2,1H3. The van der Waals surface area contributed by atoms with Gasteiger partial charge in [-0.1, -0.05) is 0 Å². The summed E-state index contributed by atoms with van der Waals surface area (Å²) in [7, 11) is 1.66. The number of morpholine rings is 1. The third-order valence-corrected chi connectivity index (χ3v) is 3.77. The fraction of sp³-hybridized carbons (Fsp3) is 0.923. The number of nitrogens with one attached hydrogen (secondary N) is 1. The molecule has 1 amide bonds. The highest BCUT2D eigenvalue weighted by atomic mass is 16.5. The summed E-state index contributed by atoms with van der Waals surface area (Å²) >= 11 is 0. The zero-order valence-corrected chi connectivity index (χ0v) is 11.2. The second kappa shape index (κ2) is 7.07. The number of hydrogen-bond donors (Lipinski definition) is 1. The van der Waals surface area contributed by atoms with Gasteiger partial charge in [0.1, 0.15) is 0 Å². The van der Waals surface area contributed by atoms with Crippen molar-refractivity contribution in [1.82, 2.24) is 10.2 Å². The normalized spacial score (nSPS) is 28.6. The topological polar surface area (TPSA) is 50.8 Å². The van der Waals surface area contributed by atoms with Crippen LogP contribution in [-0.4, -0.2) is 63.4 Å². The summed E-state index contributed by atoms with van der Waals surface area (Å²) in [6.45, 7) is 4.77. The highest BCUT2D eigenvalue weighted by Gasteiger charge is 2.25. The monoisotopic (exact) mass is 256 g/mol. The summed E-state index contributed by atoms with van der Waals surface area (Å²) in [4.78, 5) is 14.0. The van der Waals surface area contributed by atoms with Crippen LogP contribution in [-0.2, 0) is 14.3 Å². The average molecular weight is 256 g/mol. The first-order valence-corrected chi connectivity index (χ1v) is 6.88. The maximum absolute atomic E-state index is 12.1. The lowest BCUT2D eigenvalue weighted by Gasteiger charge is -2.32. The number of methoxy groups -OCH3 is 1. The van der Waals surface area contributed by atoms with Crippen molar-refractivity contribution in [3.05, 3.63) is 0 Å². The average Bonchev–Trinajstić information content (AvgIpc) is 2.90. The molecule has 2 unspecified atom stereocenters. The molecule has 18 heavy (non-hydrogen) atoms. The van der Waals surface area contributed by atoms with Gasteiger partial charge in [-0.25, -0.2) is 0 Å². The van der Waals surface area contributed by atoms with E-state index in [9.17, 15) is 4.79 Å². The molecule has 2 atom stereocenters. The van der Waals surface area contributed by atoms with Gasteiger partial charge >= 0.3 is 0 Å². The minimum absolute atomic E-state index is 0.0425. The molecule has 2 aliphatic heterocycles. The van der Waals surface area contributed by atoms with Gasteiger partial charge in [0.2, 0.25) is 5.91 Å². The fourth-order valence-electron chi connectivity index (χ4n) is 2.68. The summed E-state index contributed by atoms with van der Waals surface area (Å²) in [5.74, 6) is 0.955. The number of ether oxygens (including phenoxy) is 2. The van der Waals surface area contributed by atoms with Gasteiger partial charge in [0.15, 0.2) is 0 Å². The van der Waals surface area contributed by atoms with Gasteiger partial charge in [-0.15, -0.1) is 0 Å². The highest BCUT2D eigenvalue weighted by Crippen LogP contribution is 2.16. The molecule has 0 aromatic carbocycles. The molecule has 0 aromatic heterocycles. The molecule has 0 spiro atoms.